The standard InChI is InChI=1S/C16H21N/c1-3-4-5-9-16(17-2)15-11-10-13-7-6-8-14(13)12-15/h10-12,16-17H,5-9H2,1-2H3. The Hall–Kier alpha value is -1.26. The average molecular weight is 227 g/mol. The summed E-state index contributed by atoms with van der Waals surface area (Å²) in [7, 11) is 2.04. The third-order valence-corrected chi connectivity index (χ3v) is 3.61. The maximum Gasteiger partial charge on any atom is 0.0326 e. The van der Waals surface area contributed by atoms with Crippen LogP contribution in [0.1, 0.15) is 48.9 Å². The van der Waals surface area contributed by atoms with Crippen LogP contribution in [0.5, 0.6) is 0 Å². The number of hydrogen-bond donors (Lipinski definition) is 1. The van der Waals surface area contributed by atoms with Gasteiger partial charge in [-0.2, -0.15) is 0 Å². The SMILES string of the molecule is CC#CCCC(NC)c1ccc2c(c1)CCC2. The first-order valence-corrected chi connectivity index (χ1v) is 6.53. The van der Waals surface area contributed by atoms with E-state index in [1.807, 2.05) is 14.0 Å². The molecule has 1 unspecified atom stereocenters. The summed E-state index contributed by atoms with van der Waals surface area (Å²) in [4.78, 5) is 0. The van der Waals surface area contributed by atoms with Gasteiger partial charge in [0.05, 0.1) is 0 Å². The molecule has 0 bridgehead atoms. The first-order chi connectivity index (χ1) is 8.35. The van der Waals surface area contributed by atoms with Crippen molar-refractivity contribution in [1.29, 1.82) is 0 Å². The zero-order chi connectivity index (χ0) is 12.1. The Labute approximate surface area is 105 Å². The lowest BCUT2D eigenvalue weighted by Gasteiger charge is -2.16. The van der Waals surface area contributed by atoms with Crippen molar-refractivity contribution in [2.45, 2.75) is 45.1 Å². The summed E-state index contributed by atoms with van der Waals surface area (Å²) >= 11 is 0. The molecule has 1 nitrogen and oxygen atoms in total. The second-order valence-electron chi connectivity index (χ2n) is 4.69. The molecule has 1 heteroatoms. The van der Waals surface area contributed by atoms with Crippen LogP contribution in [-0.2, 0) is 12.8 Å². The fraction of sp³-hybridized carbons (Fsp3) is 0.500. The quantitative estimate of drug-likeness (QED) is 0.779. The van der Waals surface area contributed by atoms with E-state index in [1.165, 1.54) is 24.8 Å². The molecule has 1 aromatic carbocycles. The Morgan fingerprint density at radius 2 is 2.12 bits per heavy atom. The van der Waals surface area contributed by atoms with E-state index >= 15 is 0 Å². The lowest BCUT2D eigenvalue weighted by Crippen LogP contribution is -2.16. The Balaban J connectivity index is 2.10. The smallest absolute Gasteiger partial charge is 0.0326 e. The van der Waals surface area contributed by atoms with Crippen molar-refractivity contribution in [3.63, 3.8) is 0 Å². The van der Waals surface area contributed by atoms with Crippen molar-refractivity contribution < 1.29 is 0 Å². The van der Waals surface area contributed by atoms with Gasteiger partial charge in [-0.25, -0.2) is 0 Å². The molecule has 0 aromatic heterocycles. The highest BCUT2D eigenvalue weighted by molar-refractivity contribution is 5.36. The van der Waals surface area contributed by atoms with Gasteiger partial charge in [-0.3, -0.25) is 0 Å². The van der Waals surface area contributed by atoms with Gasteiger partial charge in [-0.05, 0) is 56.3 Å². The Kier molecular flexibility index (Phi) is 4.23. The van der Waals surface area contributed by atoms with Crippen LogP contribution in [0.2, 0.25) is 0 Å². The van der Waals surface area contributed by atoms with Crippen molar-refractivity contribution >= 4 is 0 Å². The van der Waals surface area contributed by atoms with Gasteiger partial charge in [-0.1, -0.05) is 18.2 Å². The summed E-state index contributed by atoms with van der Waals surface area (Å²) in [6, 6.07) is 7.43. The monoisotopic (exact) mass is 227 g/mol. The predicted octanol–water partition coefficient (Wildman–Crippen LogP) is 3.24. The van der Waals surface area contributed by atoms with E-state index in [1.54, 1.807) is 11.1 Å². The van der Waals surface area contributed by atoms with Gasteiger partial charge in [0.15, 0.2) is 0 Å². The normalized spacial score (nSPS) is 14.9. The first kappa shape index (κ1) is 12.2. The molecular formula is C16H21N. The minimum atomic E-state index is 0.446. The van der Waals surface area contributed by atoms with Crippen molar-refractivity contribution in [3.05, 3.63) is 34.9 Å². The molecule has 90 valence electrons. The number of hydrogen-bond acceptors (Lipinski definition) is 1. The van der Waals surface area contributed by atoms with E-state index in [4.69, 9.17) is 0 Å². The number of rotatable bonds is 4. The number of fused-ring (bicyclic) bond motifs is 1. The van der Waals surface area contributed by atoms with Crippen LogP contribution in [-0.4, -0.2) is 7.05 Å². The molecule has 0 fully saturated rings. The van der Waals surface area contributed by atoms with Gasteiger partial charge in [0.2, 0.25) is 0 Å². The largest absolute Gasteiger partial charge is 0.313 e. The van der Waals surface area contributed by atoms with Gasteiger partial charge >= 0.3 is 0 Å². The summed E-state index contributed by atoms with van der Waals surface area (Å²) in [5.74, 6) is 6.11. The van der Waals surface area contributed by atoms with Crippen LogP contribution >= 0.6 is 0 Å². The van der Waals surface area contributed by atoms with Crippen molar-refractivity contribution in [2.75, 3.05) is 7.05 Å². The lowest BCUT2D eigenvalue weighted by atomic mass is 9.98. The highest BCUT2D eigenvalue weighted by Crippen LogP contribution is 2.26. The Bertz CT molecular complexity index is 437. The maximum absolute atomic E-state index is 3.40. The number of benzene rings is 1. The van der Waals surface area contributed by atoms with E-state index in [0.29, 0.717) is 6.04 Å². The molecule has 1 aliphatic rings. The van der Waals surface area contributed by atoms with Crippen molar-refractivity contribution in [2.24, 2.45) is 0 Å². The molecule has 0 amide bonds. The summed E-state index contributed by atoms with van der Waals surface area (Å²) in [6.45, 7) is 1.91. The van der Waals surface area contributed by atoms with E-state index in [9.17, 15) is 0 Å². The molecular weight excluding hydrogens is 206 g/mol. The molecule has 1 N–H and O–H groups in total. The predicted molar refractivity (Wildman–Crippen MR) is 73.0 cm³/mol. The number of nitrogens with one attached hydrogen (secondary N) is 1. The van der Waals surface area contributed by atoms with Crippen LogP contribution in [0.25, 0.3) is 0 Å². The minimum absolute atomic E-state index is 0.446. The van der Waals surface area contributed by atoms with Crippen LogP contribution in [0.4, 0.5) is 0 Å². The molecule has 0 saturated carbocycles. The number of aryl methyl sites for hydroxylation is 2. The second kappa shape index (κ2) is 5.89. The molecule has 0 radical (unpaired) electrons. The third-order valence-electron chi connectivity index (χ3n) is 3.61. The second-order valence-corrected chi connectivity index (χ2v) is 4.69. The summed E-state index contributed by atoms with van der Waals surface area (Å²) in [5, 5.41) is 3.40. The fourth-order valence-corrected chi connectivity index (χ4v) is 2.63. The highest BCUT2D eigenvalue weighted by atomic mass is 14.9. The van der Waals surface area contributed by atoms with Gasteiger partial charge < -0.3 is 5.32 Å². The van der Waals surface area contributed by atoms with Gasteiger partial charge in [0.1, 0.15) is 0 Å². The van der Waals surface area contributed by atoms with Crippen LogP contribution < -0.4 is 5.32 Å². The zero-order valence-corrected chi connectivity index (χ0v) is 10.8. The van der Waals surface area contributed by atoms with Crippen LogP contribution in [0.15, 0.2) is 18.2 Å². The van der Waals surface area contributed by atoms with Crippen molar-refractivity contribution in [1.82, 2.24) is 5.32 Å². The maximum atomic E-state index is 3.40. The summed E-state index contributed by atoms with van der Waals surface area (Å²) < 4.78 is 0. The van der Waals surface area contributed by atoms with E-state index in [-0.39, 0.29) is 0 Å². The van der Waals surface area contributed by atoms with Gasteiger partial charge in [0, 0.05) is 12.5 Å². The van der Waals surface area contributed by atoms with Gasteiger partial charge in [-0.15, -0.1) is 11.8 Å². The molecule has 0 saturated heterocycles. The molecule has 1 aromatic rings. The molecule has 1 aliphatic carbocycles. The highest BCUT2D eigenvalue weighted by Gasteiger charge is 2.14. The summed E-state index contributed by atoms with van der Waals surface area (Å²) in [6.07, 6.45) is 5.91. The zero-order valence-electron chi connectivity index (χ0n) is 10.8. The fourth-order valence-electron chi connectivity index (χ4n) is 2.63. The molecule has 0 heterocycles. The average Bonchev–Trinajstić information content (AvgIpc) is 2.82. The minimum Gasteiger partial charge on any atom is -0.313 e. The van der Waals surface area contributed by atoms with Crippen molar-refractivity contribution in [3.8, 4) is 11.8 Å². The molecule has 0 spiro atoms. The molecule has 0 aliphatic heterocycles. The Morgan fingerprint density at radius 3 is 2.88 bits per heavy atom. The third kappa shape index (κ3) is 2.90. The first-order valence-electron chi connectivity index (χ1n) is 6.53. The van der Waals surface area contributed by atoms with Gasteiger partial charge in [0.25, 0.3) is 0 Å². The molecule has 17 heavy (non-hydrogen) atoms. The lowest BCUT2D eigenvalue weighted by molar-refractivity contribution is 0.558. The van der Waals surface area contributed by atoms with Crippen LogP contribution in [0, 0.1) is 11.8 Å². The summed E-state index contributed by atoms with van der Waals surface area (Å²) in [5.41, 5.74) is 4.53. The Morgan fingerprint density at radius 1 is 1.29 bits per heavy atom. The topological polar surface area (TPSA) is 12.0 Å². The van der Waals surface area contributed by atoms with Crippen LogP contribution in [0.3, 0.4) is 0 Å². The molecule has 1 atom stereocenters. The van der Waals surface area contributed by atoms with E-state index in [2.05, 4.69) is 35.4 Å². The van der Waals surface area contributed by atoms with E-state index in [0.717, 1.165) is 12.8 Å². The van der Waals surface area contributed by atoms with E-state index < -0.39 is 0 Å². The molecule has 2 rings (SSSR count).